The highest BCUT2D eigenvalue weighted by molar-refractivity contribution is 6.21. The summed E-state index contributed by atoms with van der Waals surface area (Å²) < 4.78 is 0. The van der Waals surface area contributed by atoms with Gasteiger partial charge in [-0.2, -0.15) is 0 Å². The molecule has 2 aromatic rings. The first kappa shape index (κ1) is 15.5. The summed E-state index contributed by atoms with van der Waals surface area (Å²) in [5.74, 6) is -0.393. The van der Waals surface area contributed by atoms with E-state index in [2.05, 4.69) is 19.1 Å². The summed E-state index contributed by atoms with van der Waals surface area (Å²) in [6.45, 7) is 2.53. The molecular weight excluding hydrogens is 286 g/mol. The third kappa shape index (κ3) is 3.19. The second-order valence-electron chi connectivity index (χ2n) is 6.02. The van der Waals surface area contributed by atoms with E-state index < -0.39 is 0 Å². The van der Waals surface area contributed by atoms with E-state index in [1.807, 2.05) is 12.1 Å². The van der Waals surface area contributed by atoms with Gasteiger partial charge in [0.15, 0.2) is 0 Å². The number of hydrogen-bond donors (Lipinski definition) is 0. The van der Waals surface area contributed by atoms with Gasteiger partial charge in [0, 0.05) is 0 Å². The van der Waals surface area contributed by atoms with Gasteiger partial charge in [-0.15, -0.1) is 0 Å². The molecule has 0 bridgehead atoms. The van der Waals surface area contributed by atoms with Crippen LogP contribution in [0.25, 0.3) is 0 Å². The van der Waals surface area contributed by atoms with Gasteiger partial charge in [-0.05, 0) is 36.1 Å². The molecular formula is C20H21NO2. The Hall–Kier alpha value is -2.42. The quantitative estimate of drug-likeness (QED) is 0.592. The van der Waals surface area contributed by atoms with E-state index in [4.69, 9.17) is 0 Å². The van der Waals surface area contributed by atoms with E-state index in [1.54, 1.807) is 24.3 Å². The predicted molar refractivity (Wildman–Crippen MR) is 90.3 cm³/mol. The highest BCUT2D eigenvalue weighted by Crippen LogP contribution is 2.24. The fourth-order valence-electron chi connectivity index (χ4n) is 2.96. The molecule has 0 radical (unpaired) electrons. The van der Waals surface area contributed by atoms with Crippen molar-refractivity contribution in [2.24, 2.45) is 0 Å². The lowest BCUT2D eigenvalue weighted by Gasteiger charge is -2.14. The van der Waals surface area contributed by atoms with Crippen molar-refractivity contribution in [1.82, 2.24) is 4.90 Å². The maximum atomic E-state index is 12.4. The molecule has 0 aromatic heterocycles. The Kier molecular flexibility index (Phi) is 4.56. The summed E-state index contributed by atoms with van der Waals surface area (Å²) >= 11 is 0. The van der Waals surface area contributed by atoms with Crippen LogP contribution in [0.2, 0.25) is 0 Å². The molecule has 1 aliphatic heterocycles. The molecule has 0 spiro atoms. The van der Waals surface area contributed by atoms with Gasteiger partial charge in [0.2, 0.25) is 0 Å². The molecule has 0 aliphatic carbocycles. The van der Waals surface area contributed by atoms with Crippen LogP contribution in [0.5, 0.6) is 0 Å². The van der Waals surface area contributed by atoms with Crippen LogP contribution in [-0.2, 0) is 13.0 Å². The topological polar surface area (TPSA) is 37.4 Å². The van der Waals surface area contributed by atoms with Crippen LogP contribution in [0.4, 0.5) is 0 Å². The summed E-state index contributed by atoms with van der Waals surface area (Å²) in [4.78, 5) is 26.0. The van der Waals surface area contributed by atoms with Gasteiger partial charge < -0.3 is 0 Å². The Morgan fingerprint density at radius 1 is 0.783 bits per heavy atom. The van der Waals surface area contributed by atoms with E-state index in [0.29, 0.717) is 17.7 Å². The van der Waals surface area contributed by atoms with Crippen molar-refractivity contribution >= 4 is 11.8 Å². The molecule has 23 heavy (non-hydrogen) atoms. The van der Waals surface area contributed by atoms with Gasteiger partial charge in [-0.1, -0.05) is 56.2 Å². The first-order valence-corrected chi connectivity index (χ1v) is 8.23. The molecule has 3 heteroatoms. The number of unbranched alkanes of at least 4 members (excludes halogenated alkanes) is 2. The van der Waals surface area contributed by atoms with E-state index in [1.165, 1.54) is 29.7 Å². The molecule has 2 aromatic carbocycles. The molecule has 2 amide bonds. The van der Waals surface area contributed by atoms with E-state index in [0.717, 1.165) is 12.0 Å². The second kappa shape index (κ2) is 6.78. The average molecular weight is 307 g/mol. The molecule has 1 aliphatic rings. The fourth-order valence-corrected chi connectivity index (χ4v) is 2.96. The zero-order chi connectivity index (χ0) is 16.2. The van der Waals surface area contributed by atoms with Crippen LogP contribution in [0, 0.1) is 0 Å². The minimum absolute atomic E-state index is 0.197. The molecule has 3 nitrogen and oxygen atoms in total. The minimum Gasteiger partial charge on any atom is -0.270 e. The van der Waals surface area contributed by atoms with Gasteiger partial charge in [-0.25, -0.2) is 0 Å². The van der Waals surface area contributed by atoms with Gasteiger partial charge in [0.25, 0.3) is 11.8 Å². The highest BCUT2D eigenvalue weighted by atomic mass is 16.2. The number of nitrogens with zero attached hydrogens (tertiary/aromatic N) is 1. The smallest absolute Gasteiger partial charge is 0.261 e. The Bertz CT molecular complexity index is 684. The zero-order valence-electron chi connectivity index (χ0n) is 13.4. The first-order valence-electron chi connectivity index (χ1n) is 8.23. The lowest BCUT2D eigenvalue weighted by molar-refractivity contribution is 0.0642. The van der Waals surface area contributed by atoms with Gasteiger partial charge in [0.05, 0.1) is 17.7 Å². The summed E-state index contributed by atoms with van der Waals surface area (Å²) in [7, 11) is 0. The number of rotatable bonds is 6. The van der Waals surface area contributed by atoms with Crippen molar-refractivity contribution in [2.75, 3.05) is 0 Å². The van der Waals surface area contributed by atoms with Crippen molar-refractivity contribution < 1.29 is 9.59 Å². The number of imide groups is 1. The van der Waals surface area contributed by atoms with Crippen LogP contribution >= 0.6 is 0 Å². The van der Waals surface area contributed by atoms with Crippen molar-refractivity contribution in [3.8, 4) is 0 Å². The number of carbonyl (C=O) groups is 2. The highest BCUT2D eigenvalue weighted by Gasteiger charge is 2.34. The minimum atomic E-state index is -0.197. The Labute approximate surface area is 136 Å². The normalized spacial score (nSPS) is 13.5. The maximum Gasteiger partial charge on any atom is 0.261 e. The number of fused-ring (bicyclic) bond motifs is 1. The molecule has 0 unspecified atom stereocenters. The third-order valence-electron chi connectivity index (χ3n) is 4.31. The number of hydrogen-bond acceptors (Lipinski definition) is 2. The van der Waals surface area contributed by atoms with E-state index in [9.17, 15) is 9.59 Å². The van der Waals surface area contributed by atoms with Crippen molar-refractivity contribution in [3.63, 3.8) is 0 Å². The van der Waals surface area contributed by atoms with Crippen molar-refractivity contribution in [3.05, 3.63) is 70.8 Å². The van der Waals surface area contributed by atoms with Crippen molar-refractivity contribution in [2.45, 2.75) is 39.2 Å². The summed E-state index contributed by atoms with van der Waals surface area (Å²) in [5.41, 5.74) is 3.31. The van der Waals surface area contributed by atoms with Crippen LogP contribution in [0.15, 0.2) is 48.5 Å². The third-order valence-corrected chi connectivity index (χ3v) is 4.31. The number of benzene rings is 2. The Balaban J connectivity index is 1.68. The van der Waals surface area contributed by atoms with Gasteiger partial charge in [-0.3, -0.25) is 14.5 Å². The molecule has 0 N–H and O–H groups in total. The molecule has 0 atom stereocenters. The van der Waals surface area contributed by atoms with Crippen LogP contribution in [0.3, 0.4) is 0 Å². The zero-order valence-corrected chi connectivity index (χ0v) is 13.4. The molecule has 0 saturated heterocycles. The van der Waals surface area contributed by atoms with Crippen molar-refractivity contribution in [1.29, 1.82) is 0 Å². The Morgan fingerprint density at radius 2 is 1.35 bits per heavy atom. The number of carbonyl (C=O) groups excluding carboxylic acids is 2. The molecule has 118 valence electrons. The van der Waals surface area contributed by atoms with Crippen LogP contribution < -0.4 is 0 Å². The van der Waals surface area contributed by atoms with E-state index in [-0.39, 0.29) is 11.8 Å². The Morgan fingerprint density at radius 3 is 1.91 bits per heavy atom. The largest absolute Gasteiger partial charge is 0.270 e. The lowest BCUT2D eigenvalue weighted by Crippen LogP contribution is -2.29. The predicted octanol–water partition coefficient (Wildman–Crippen LogP) is 4.22. The van der Waals surface area contributed by atoms with Gasteiger partial charge >= 0.3 is 0 Å². The van der Waals surface area contributed by atoms with E-state index >= 15 is 0 Å². The number of amides is 2. The molecule has 0 saturated carbocycles. The summed E-state index contributed by atoms with van der Waals surface area (Å²) in [6, 6.07) is 15.2. The first-order chi connectivity index (χ1) is 11.2. The monoisotopic (exact) mass is 307 g/mol. The van der Waals surface area contributed by atoms with Gasteiger partial charge in [0.1, 0.15) is 0 Å². The number of aryl methyl sites for hydroxylation is 1. The standard InChI is InChI=1S/C20H21NO2/c1-2-3-4-7-15-10-12-16(13-11-15)14-21-19(22)17-8-5-6-9-18(17)20(21)23/h5-6,8-13H,2-4,7,14H2,1H3. The average Bonchev–Trinajstić information content (AvgIpc) is 2.82. The molecule has 0 fully saturated rings. The lowest BCUT2D eigenvalue weighted by atomic mass is 10.1. The maximum absolute atomic E-state index is 12.4. The van der Waals surface area contributed by atoms with Crippen LogP contribution in [0.1, 0.15) is 58.0 Å². The fraction of sp³-hybridized carbons (Fsp3) is 0.300. The summed E-state index contributed by atoms with van der Waals surface area (Å²) in [5, 5.41) is 0. The molecule has 1 heterocycles. The molecule has 3 rings (SSSR count). The SMILES string of the molecule is CCCCCc1ccc(CN2C(=O)c3ccccc3C2=O)cc1. The second-order valence-corrected chi connectivity index (χ2v) is 6.02. The van der Waals surface area contributed by atoms with Crippen LogP contribution in [-0.4, -0.2) is 16.7 Å². The summed E-state index contributed by atoms with van der Waals surface area (Å²) in [6.07, 6.45) is 4.75.